The summed E-state index contributed by atoms with van der Waals surface area (Å²) < 4.78 is 0. The molecule has 1 heterocycles. The van der Waals surface area contributed by atoms with Crippen LogP contribution >= 0.6 is 0 Å². The minimum absolute atomic E-state index is 0.118. The summed E-state index contributed by atoms with van der Waals surface area (Å²) in [6, 6.07) is 0.258. The lowest BCUT2D eigenvalue weighted by molar-refractivity contribution is -0.121. The van der Waals surface area contributed by atoms with Crippen molar-refractivity contribution < 1.29 is 4.79 Å². The lowest BCUT2D eigenvalue weighted by Gasteiger charge is -2.22. The van der Waals surface area contributed by atoms with Gasteiger partial charge in [-0.15, -0.1) is 0 Å². The van der Waals surface area contributed by atoms with Crippen LogP contribution in [0.15, 0.2) is 4.99 Å². The van der Waals surface area contributed by atoms with Crippen LogP contribution in [-0.2, 0) is 4.79 Å². The van der Waals surface area contributed by atoms with E-state index in [1.54, 1.807) is 0 Å². The molecule has 3 unspecified atom stereocenters. The van der Waals surface area contributed by atoms with Gasteiger partial charge < -0.3 is 15.5 Å². The summed E-state index contributed by atoms with van der Waals surface area (Å²) in [4.78, 5) is 18.6. The number of likely N-dealkylation sites (tertiary alicyclic amines) is 1. The number of nitrogens with one attached hydrogen (secondary N) is 2. The van der Waals surface area contributed by atoms with Crippen LogP contribution < -0.4 is 10.6 Å². The first-order valence-electron chi connectivity index (χ1n) is 8.89. The number of fused-ring (bicyclic) bond motifs is 1. The van der Waals surface area contributed by atoms with Crippen molar-refractivity contribution in [1.29, 1.82) is 0 Å². The zero-order chi connectivity index (χ0) is 15.9. The van der Waals surface area contributed by atoms with Crippen LogP contribution in [0.2, 0.25) is 0 Å². The number of amides is 1. The Balaban J connectivity index is 1.73. The first-order chi connectivity index (χ1) is 10.6. The summed E-state index contributed by atoms with van der Waals surface area (Å²) in [5.74, 6) is 2.78. The summed E-state index contributed by atoms with van der Waals surface area (Å²) in [5.41, 5.74) is 0. The highest BCUT2D eigenvalue weighted by molar-refractivity contribution is 5.81. The van der Waals surface area contributed by atoms with Gasteiger partial charge in [-0.2, -0.15) is 0 Å². The average Bonchev–Trinajstić information content (AvgIpc) is 2.95. The van der Waals surface area contributed by atoms with Crippen LogP contribution in [0.4, 0.5) is 0 Å². The lowest BCUT2D eigenvalue weighted by atomic mass is 9.82. The Morgan fingerprint density at radius 3 is 2.45 bits per heavy atom. The van der Waals surface area contributed by atoms with Crippen molar-refractivity contribution >= 4 is 11.9 Å². The maximum absolute atomic E-state index is 11.8. The van der Waals surface area contributed by atoms with E-state index in [-0.39, 0.29) is 11.9 Å². The number of aliphatic imine (C=N–C) groups is 1. The van der Waals surface area contributed by atoms with Gasteiger partial charge in [0, 0.05) is 39.1 Å². The van der Waals surface area contributed by atoms with E-state index >= 15 is 0 Å². The van der Waals surface area contributed by atoms with E-state index in [9.17, 15) is 4.79 Å². The number of hydrogen-bond acceptors (Lipinski definition) is 2. The lowest BCUT2D eigenvalue weighted by Crippen LogP contribution is -2.42. The first kappa shape index (κ1) is 17.1. The Morgan fingerprint density at radius 2 is 1.91 bits per heavy atom. The van der Waals surface area contributed by atoms with Crippen molar-refractivity contribution in [3.63, 3.8) is 0 Å². The van der Waals surface area contributed by atoms with Crippen molar-refractivity contribution in [2.24, 2.45) is 16.8 Å². The highest BCUT2D eigenvalue weighted by atomic mass is 16.1. The van der Waals surface area contributed by atoms with Crippen molar-refractivity contribution in [1.82, 2.24) is 15.5 Å². The molecule has 0 radical (unpaired) electrons. The number of carbonyl (C=O) groups is 1. The van der Waals surface area contributed by atoms with E-state index in [2.05, 4.69) is 27.4 Å². The number of hydrogen-bond donors (Lipinski definition) is 2. The van der Waals surface area contributed by atoms with Crippen LogP contribution in [-0.4, -0.2) is 49.5 Å². The third kappa shape index (κ3) is 4.62. The molecule has 0 bridgehead atoms. The largest absolute Gasteiger partial charge is 0.356 e. The van der Waals surface area contributed by atoms with Gasteiger partial charge in [0.2, 0.25) is 5.91 Å². The van der Waals surface area contributed by atoms with Crippen LogP contribution in [0.25, 0.3) is 0 Å². The van der Waals surface area contributed by atoms with E-state index < -0.39 is 0 Å². The maximum atomic E-state index is 11.8. The highest BCUT2D eigenvalue weighted by Crippen LogP contribution is 2.35. The van der Waals surface area contributed by atoms with Gasteiger partial charge in [-0.05, 0) is 38.0 Å². The van der Waals surface area contributed by atoms with E-state index in [0.717, 1.165) is 37.3 Å². The monoisotopic (exact) mass is 308 g/mol. The van der Waals surface area contributed by atoms with Crippen LogP contribution in [0.5, 0.6) is 0 Å². The zero-order valence-electron chi connectivity index (χ0n) is 14.4. The second kappa shape index (κ2) is 8.39. The molecule has 2 rings (SSSR count). The van der Waals surface area contributed by atoms with Gasteiger partial charge in [-0.1, -0.05) is 19.8 Å². The average molecular weight is 308 g/mol. The fourth-order valence-electron chi connectivity index (χ4n) is 3.65. The number of guanidine groups is 1. The summed E-state index contributed by atoms with van der Waals surface area (Å²) in [6.45, 7) is 7.03. The first-order valence-corrected chi connectivity index (χ1v) is 8.89. The molecule has 22 heavy (non-hydrogen) atoms. The van der Waals surface area contributed by atoms with Gasteiger partial charge in [0.15, 0.2) is 5.96 Å². The van der Waals surface area contributed by atoms with Gasteiger partial charge in [0.25, 0.3) is 0 Å². The fourth-order valence-corrected chi connectivity index (χ4v) is 3.65. The van der Waals surface area contributed by atoms with E-state index in [4.69, 9.17) is 0 Å². The van der Waals surface area contributed by atoms with Crippen LogP contribution in [0, 0.1) is 11.8 Å². The molecule has 1 aliphatic heterocycles. The predicted octanol–water partition coefficient (Wildman–Crippen LogP) is 1.99. The molecular formula is C17H32N4O. The van der Waals surface area contributed by atoms with Crippen molar-refractivity contribution in [3.8, 4) is 0 Å². The van der Waals surface area contributed by atoms with Crippen LogP contribution in [0.1, 0.15) is 52.4 Å². The van der Waals surface area contributed by atoms with Gasteiger partial charge >= 0.3 is 0 Å². The van der Waals surface area contributed by atoms with E-state index in [0.29, 0.717) is 13.0 Å². The van der Waals surface area contributed by atoms with Gasteiger partial charge in [0.1, 0.15) is 0 Å². The molecule has 5 heteroatoms. The Labute approximate surface area is 134 Å². The minimum atomic E-state index is 0.118. The molecule has 5 nitrogen and oxygen atoms in total. The molecule has 3 atom stereocenters. The molecule has 1 amide bonds. The molecule has 0 aromatic rings. The van der Waals surface area contributed by atoms with E-state index in [1.807, 2.05) is 14.0 Å². The molecule has 0 aromatic carbocycles. The molecule has 126 valence electrons. The third-order valence-corrected chi connectivity index (χ3v) is 5.14. The number of carbonyl (C=O) groups excluding carboxylic acids is 1. The molecule has 1 saturated carbocycles. The number of nitrogens with zero attached hydrogens (tertiary/aromatic N) is 2. The Bertz CT molecular complexity index is 382. The second-order valence-corrected chi connectivity index (χ2v) is 6.81. The molecule has 2 N–H and O–H groups in total. The summed E-state index contributed by atoms with van der Waals surface area (Å²) in [7, 11) is 1.84. The highest BCUT2D eigenvalue weighted by Gasteiger charge is 2.35. The quantitative estimate of drug-likeness (QED) is 0.603. The van der Waals surface area contributed by atoms with Gasteiger partial charge in [-0.3, -0.25) is 9.79 Å². The topological polar surface area (TPSA) is 56.7 Å². The number of rotatable bonds is 5. The van der Waals surface area contributed by atoms with E-state index in [1.165, 1.54) is 25.7 Å². The normalized spacial score (nSPS) is 26.5. The predicted molar refractivity (Wildman–Crippen MR) is 90.9 cm³/mol. The van der Waals surface area contributed by atoms with Crippen molar-refractivity contribution in [3.05, 3.63) is 0 Å². The Kier molecular flexibility index (Phi) is 6.52. The second-order valence-electron chi connectivity index (χ2n) is 6.81. The molecule has 0 aromatic heterocycles. The molecule has 2 aliphatic rings. The molecule has 0 spiro atoms. The summed E-state index contributed by atoms with van der Waals surface area (Å²) in [6.07, 6.45) is 6.99. The van der Waals surface area contributed by atoms with Gasteiger partial charge in [-0.25, -0.2) is 0 Å². The summed E-state index contributed by atoms with van der Waals surface area (Å²) in [5, 5.41) is 6.36. The standard InChI is InChI=1S/C17H32N4O/c1-4-13(2)20-16(22)9-10-19-17(18-3)21-11-14-7-5-6-8-15(14)12-21/h13-15H,4-12H2,1-3H3,(H,18,19)(H,20,22). The summed E-state index contributed by atoms with van der Waals surface area (Å²) >= 11 is 0. The molecule has 1 aliphatic carbocycles. The minimum Gasteiger partial charge on any atom is -0.356 e. The smallest absolute Gasteiger partial charge is 0.221 e. The van der Waals surface area contributed by atoms with Crippen LogP contribution in [0.3, 0.4) is 0 Å². The fraction of sp³-hybridized carbons (Fsp3) is 0.882. The third-order valence-electron chi connectivity index (χ3n) is 5.14. The Hall–Kier alpha value is -1.26. The molecular weight excluding hydrogens is 276 g/mol. The van der Waals surface area contributed by atoms with Crippen molar-refractivity contribution in [2.45, 2.75) is 58.4 Å². The maximum Gasteiger partial charge on any atom is 0.221 e. The van der Waals surface area contributed by atoms with Gasteiger partial charge in [0.05, 0.1) is 0 Å². The molecule has 1 saturated heterocycles. The zero-order valence-corrected chi connectivity index (χ0v) is 14.4. The van der Waals surface area contributed by atoms with Crippen molar-refractivity contribution in [2.75, 3.05) is 26.7 Å². The Morgan fingerprint density at radius 1 is 1.27 bits per heavy atom. The SMILES string of the molecule is CCC(C)NC(=O)CCNC(=NC)N1CC2CCCCC2C1. The molecule has 2 fully saturated rings.